The Morgan fingerprint density at radius 1 is 1.03 bits per heavy atom. The van der Waals surface area contributed by atoms with E-state index >= 15 is 0 Å². The van der Waals surface area contributed by atoms with E-state index in [-0.39, 0.29) is 16.9 Å². The third-order valence-corrected chi connectivity index (χ3v) is 8.20. The number of fused-ring (bicyclic) bond motifs is 3. The Kier molecular flexibility index (Phi) is 6.09. The molecular formula is C28H30N2O3S. The molecule has 0 aromatic heterocycles. The molecule has 0 spiro atoms. The Morgan fingerprint density at radius 2 is 1.82 bits per heavy atom. The molecule has 3 atom stereocenters. The quantitative estimate of drug-likeness (QED) is 0.396. The van der Waals surface area contributed by atoms with Gasteiger partial charge in [0, 0.05) is 11.6 Å². The molecule has 5 rings (SSSR count). The van der Waals surface area contributed by atoms with Crippen LogP contribution >= 0.6 is 0 Å². The zero-order valence-corrected chi connectivity index (χ0v) is 20.3. The van der Waals surface area contributed by atoms with Crippen molar-refractivity contribution in [2.75, 3.05) is 16.6 Å². The summed E-state index contributed by atoms with van der Waals surface area (Å²) in [5, 5.41) is 3.69. The van der Waals surface area contributed by atoms with Gasteiger partial charge in [-0.05, 0) is 78.8 Å². The van der Waals surface area contributed by atoms with Crippen LogP contribution in [0.3, 0.4) is 0 Å². The van der Waals surface area contributed by atoms with Gasteiger partial charge in [-0.15, -0.1) is 0 Å². The molecule has 6 heteroatoms. The number of anilines is 2. The van der Waals surface area contributed by atoms with Crippen molar-refractivity contribution in [2.45, 2.75) is 43.5 Å². The van der Waals surface area contributed by atoms with Gasteiger partial charge in [-0.3, -0.25) is 4.72 Å². The largest absolute Gasteiger partial charge is 0.494 e. The van der Waals surface area contributed by atoms with E-state index in [1.54, 1.807) is 6.07 Å². The van der Waals surface area contributed by atoms with Crippen LogP contribution in [0.2, 0.25) is 0 Å². The van der Waals surface area contributed by atoms with Crippen LogP contribution in [0.1, 0.15) is 48.9 Å². The van der Waals surface area contributed by atoms with Gasteiger partial charge in [0.15, 0.2) is 0 Å². The van der Waals surface area contributed by atoms with Crippen molar-refractivity contribution < 1.29 is 13.2 Å². The van der Waals surface area contributed by atoms with Crippen LogP contribution in [-0.4, -0.2) is 15.0 Å². The third-order valence-electron chi connectivity index (χ3n) is 6.84. The molecule has 0 bridgehead atoms. The normalized spacial score (nSPS) is 20.8. The van der Waals surface area contributed by atoms with E-state index in [0.717, 1.165) is 35.4 Å². The number of sulfonamides is 1. The predicted molar refractivity (Wildman–Crippen MR) is 137 cm³/mol. The molecule has 0 amide bonds. The van der Waals surface area contributed by atoms with Gasteiger partial charge >= 0.3 is 0 Å². The molecule has 1 aliphatic heterocycles. The lowest BCUT2D eigenvalue weighted by Gasteiger charge is -2.37. The number of nitrogens with one attached hydrogen (secondary N) is 2. The molecule has 3 aromatic rings. The lowest BCUT2D eigenvalue weighted by atomic mass is 9.77. The smallest absolute Gasteiger partial charge is 0.261 e. The molecule has 176 valence electrons. The number of ether oxygens (including phenoxy) is 1. The van der Waals surface area contributed by atoms with Crippen LogP contribution < -0.4 is 14.8 Å². The topological polar surface area (TPSA) is 67.4 Å². The second-order valence-corrected chi connectivity index (χ2v) is 10.5. The van der Waals surface area contributed by atoms with E-state index in [1.165, 1.54) is 5.56 Å². The molecule has 1 aliphatic carbocycles. The van der Waals surface area contributed by atoms with E-state index < -0.39 is 10.0 Å². The summed E-state index contributed by atoms with van der Waals surface area (Å²) in [6, 6.07) is 21.4. The first-order valence-electron chi connectivity index (χ1n) is 11.9. The molecule has 0 fully saturated rings. The Labute approximate surface area is 201 Å². The van der Waals surface area contributed by atoms with Crippen LogP contribution in [0.4, 0.5) is 11.4 Å². The van der Waals surface area contributed by atoms with Gasteiger partial charge in [0.25, 0.3) is 10.0 Å². The van der Waals surface area contributed by atoms with Crippen molar-refractivity contribution in [3.05, 3.63) is 95.6 Å². The van der Waals surface area contributed by atoms with E-state index in [0.29, 0.717) is 18.2 Å². The number of aryl methyl sites for hydroxylation is 1. The number of allylic oxidation sites excluding steroid dienone is 2. The lowest BCUT2D eigenvalue weighted by molar-refractivity contribution is 0.340. The summed E-state index contributed by atoms with van der Waals surface area (Å²) in [6.45, 7) is 4.65. The maximum atomic E-state index is 13.3. The zero-order chi connectivity index (χ0) is 23.7. The highest BCUT2D eigenvalue weighted by molar-refractivity contribution is 7.92. The van der Waals surface area contributed by atoms with Crippen molar-refractivity contribution >= 4 is 21.4 Å². The molecule has 5 nitrogen and oxygen atoms in total. The monoisotopic (exact) mass is 474 g/mol. The molecule has 0 unspecified atom stereocenters. The average Bonchev–Trinajstić information content (AvgIpc) is 3.34. The van der Waals surface area contributed by atoms with Gasteiger partial charge < -0.3 is 10.1 Å². The van der Waals surface area contributed by atoms with Crippen LogP contribution in [0.5, 0.6) is 5.75 Å². The Hall–Kier alpha value is -3.25. The third kappa shape index (κ3) is 4.18. The molecule has 0 radical (unpaired) electrons. The highest BCUT2D eigenvalue weighted by Crippen LogP contribution is 2.50. The minimum atomic E-state index is -3.70. The standard InChI is InChI=1S/C28H30N2O3S/c1-3-19-8-5-6-11-26(19)30-34(31,32)22-16-17-27-25(18-22)23-9-7-10-24(23)28(29-27)20-12-14-21(15-13-20)33-4-2/h5-9,11-18,23-24,28-30H,3-4,10H2,1-2H3/t23-,24+,28+/m0/s1. The molecule has 3 aromatic carbocycles. The lowest BCUT2D eigenvalue weighted by Crippen LogP contribution is -2.29. The van der Waals surface area contributed by atoms with E-state index in [1.807, 2.05) is 62.4 Å². The molecule has 2 N–H and O–H groups in total. The van der Waals surface area contributed by atoms with Gasteiger partial charge in [-0.25, -0.2) is 8.42 Å². The van der Waals surface area contributed by atoms with E-state index in [2.05, 4.69) is 34.3 Å². The Balaban J connectivity index is 1.45. The van der Waals surface area contributed by atoms with Crippen LogP contribution in [0.25, 0.3) is 0 Å². The number of rotatable bonds is 7. The second-order valence-electron chi connectivity index (χ2n) is 8.84. The minimum absolute atomic E-state index is 0.153. The van der Waals surface area contributed by atoms with Crippen molar-refractivity contribution in [1.82, 2.24) is 0 Å². The van der Waals surface area contributed by atoms with Crippen molar-refractivity contribution in [2.24, 2.45) is 5.92 Å². The van der Waals surface area contributed by atoms with Crippen LogP contribution in [0, 0.1) is 5.92 Å². The fraction of sp³-hybridized carbons (Fsp3) is 0.286. The van der Waals surface area contributed by atoms with Gasteiger partial charge in [-0.1, -0.05) is 49.4 Å². The molecule has 1 heterocycles. The van der Waals surface area contributed by atoms with Crippen molar-refractivity contribution in [1.29, 1.82) is 0 Å². The number of hydrogen-bond acceptors (Lipinski definition) is 4. The predicted octanol–water partition coefficient (Wildman–Crippen LogP) is 6.28. The summed E-state index contributed by atoms with van der Waals surface area (Å²) in [7, 11) is -3.70. The highest BCUT2D eigenvalue weighted by Gasteiger charge is 2.38. The maximum absolute atomic E-state index is 13.3. The summed E-state index contributed by atoms with van der Waals surface area (Å²) in [6.07, 6.45) is 6.15. The molecular weight excluding hydrogens is 444 g/mol. The first-order chi connectivity index (χ1) is 16.5. The van der Waals surface area contributed by atoms with Crippen LogP contribution in [-0.2, 0) is 16.4 Å². The van der Waals surface area contributed by atoms with E-state index in [4.69, 9.17) is 4.74 Å². The van der Waals surface area contributed by atoms with Gasteiger partial charge in [0.05, 0.1) is 23.2 Å². The summed E-state index contributed by atoms with van der Waals surface area (Å²) in [5.41, 5.74) is 4.84. The first kappa shape index (κ1) is 22.5. The fourth-order valence-corrected chi connectivity index (χ4v) is 6.28. The molecule has 2 aliphatic rings. The second kappa shape index (κ2) is 9.18. The van der Waals surface area contributed by atoms with E-state index in [9.17, 15) is 8.42 Å². The van der Waals surface area contributed by atoms with Gasteiger partial charge in [0.1, 0.15) is 5.75 Å². The summed E-state index contributed by atoms with van der Waals surface area (Å²) in [4.78, 5) is 0.289. The molecule has 0 saturated carbocycles. The first-order valence-corrected chi connectivity index (χ1v) is 13.4. The molecule has 34 heavy (non-hydrogen) atoms. The summed E-state index contributed by atoms with van der Waals surface area (Å²) in [5.74, 6) is 1.37. The SMILES string of the molecule is CCOc1ccc([C@H]2Nc3ccc(S(=O)(=O)Nc4ccccc4CC)cc3[C@H]3C=CC[C@H]32)cc1. The fourth-order valence-electron chi connectivity index (χ4n) is 5.14. The number of benzene rings is 3. The summed E-state index contributed by atoms with van der Waals surface area (Å²) >= 11 is 0. The van der Waals surface area contributed by atoms with Crippen LogP contribution in [0.15, 0.2) is 83.8 Å². The molecule has 0 saturated heterocycles. The minimum Gasteiger partial charge on any atom is -0.494 e. The maximum Gasteiger partial charge on any atom is 0.261 e. The summed E-state index contributed by atoms with van der Waals surface area (Å²) < 4.78 is 34.9. The number of hydrogen-bond donors (Lipinski definition) is 2. The zero-order valence-electron chi connectivity index (χ0n) is 19.5. The average molecular weight is 475 g/mol. The van der Waals surface area contributed by atoms with Crippen molar-refractivity contribution in [3.8, 4) is 5.75 Å². The Morgan fingerprint density at radius 3 is 2.59 bits per heavy atom. The Bertz CT molecular complexity index is 1320. The van der Waals surface area contributed by atoms with Gasteiger partial charge in [0.2, 0.25) is 0 Å². The van der Waals surface area contributed by atoms with Gasteiger partial charge in [-0.2, -0.15) is 0 Å². The number of para-hydroxylation sites is 1. The van der Waals surface area contributed by atoms with Crippen molar-refractivity contribution in [3.63, 3.8) is 0 Å². The highest BCUT2D eigenvalue weighted by atomic mass is 32.2.